The molecule has 0 saturated carbocycles. The molecule has 0 aliphatic carbocycles. The molecule has 0 bridgehead atoms. The average Bonchev–Trinajstić information content (AvgIpc) is 3.33. The molecule has 0 radical (unpaired) electrons. The average molecular weight is 502 g/mol. The molecule has 9 heteroatoms. The summed E-state index contributed by atoms with van der Waals surface area (Å²) in [5.41, 5.74) is 0.175. The molecule has 1 atom stereocenters. The van der Waals surface area contributed by atoms with Gasteiger partial charge in [0, 0.05) is 16.1 Å². The second-order valence-electron chi connectivity index (χ2n) is 8.38. The first-order valence-corrected chi connectivity index (χ1v) is 11.7. The lowest BCUT2D eigenvalue weighted by Gasteiger charge is -2.25. The highest BCUT2D eigenvalue weighted by Crippen LogP contribution is 2.45. The third-order valence-corrected chi connectivity index (χ3v) is 6.62. The summed E-state index contributed by atoms with van der Waals surface area (Å²) in [6.45, 7) is 5.50. The molecule has 1 amide bonds. The van der Waals surface area contributed by atoms with Gasteiger partial charge in [0.25, 0.3) is 11.7 Å². The molecule has 1 N–H and O–H groups in total. The van der Waals surface area contributed by atoms with Crippen molar-refractivity contribution >= 4 is 34.5 Å². The van der Waals surface area contributed by atoms with Gasteiger partial charge in [0.2, 0.25) is 0 Å². The summed E-state index contributed by atoms with van der Waals surface area (Å²) in [4.78, 5) is 28.1. The van der Waals surface area contributed by atoms with Crippen LogP contribution in [-0.4, -0.2) is 22.9 Å². The van der Waals surface area contributed by atoms with Gasteiger partial charge in [0.1, 0.15) is 17.6 Å². The SMILES string of the molecule is Cc1ccsc1C1/C(=C(/O)c2cccc(OC(C)C)c2)C(=O)C(=O)N1c1ccc(C(F)(F)F)cc1. The largest absolute Gasteiger partial charge is 0.507 e. The molecular weight excluding hydrogens is 479 g/mol. The van der Waals surface area contributed by atoms with E-state index in [4.69, 9.17) is 4.74 Å². The molecule has 1 saturated heterocycles. The number of ether oxygens (including phenoxy) is 1. The van der Waals surface area contributed by atoms with Crippen molar-refractivity contribution in [3.8, 4) is 5.75 Å². The lowest BCUT2D eigenvalue weighted by molar-refractivity contribution is -0.137. The minimum atomic E-state index is -4.54. The van der Waals surface area contributed by atoms with Crippen LogP contribution in [0.2, 0.25) is 0 Å². The van der Waals surface area contributed by atoms with E-state index in [0.717, 1.165) is 34.7 Å². The first-order chi connectivity index (χ1) is 16.5. The number of aryl methyl sites for hydroxylation is 1. The van der Waals surface area contributed by atoms with Crippen LogP contribution in [0.5, 0.6) is 5.75 Å². The number of halogens is 3. The number of nitrogens with zero attached hydrogens (tertiary/aromatic N) is 1. The quantitative estimate of drug-likeness (QED) is 0.247. The number of aliphatic hydroxyl groups is 1. The maximum absolute atomic E-state index is 13.2. The van der Waals surface area contributed by atoms with Gasteiger partial charge in [0.15, 0.2) is 0 Å². The van der Waals surface area contributed by atoms with Crippen LogP contribution in [0.1, 0.15) is 41.5 Å². The molecule has 1 fully saturated rings. The molecule has 3 aromatic rings. The number of hydrogen-bond donors (Lipinski definition) is 1. The van der Waals surface area contributed by atoms with E-state index in [0.29, 0.717) is 10.6 Å². The maximum Gasteiger partial charge on any atom is 0.416 e. The van der Waals surface area contributed by atoms with E-state index < -0.39 is 29.5 Å². The Kier molecular flexibility index (Phi) is 6.46. The number of hydrogen-bond acceptors (Lipinski definition) is 5. The van der Waals surface area contributed by atoms with Crippen molar-refractivity contribution in [3.63, 3.8) is 0 Å². The number of aliphatic hydroxyl groups excluding tert-OH is 1. The fourth-order valence-electron chi connectivity index (χ4n) is 3.97. The van der Waals surface area contributed by atoms with Gasteiger partial charge in [-0.1, -0.05) is 12.1 Å². The first kappa shape index (κ1) is 24.5. The third kappa shape index (κ3) is 4.68. The number of anilines is 1. The van der Waals surface area contributed by atoms with E-state index in [1.54, 1.807) is 36.6 Å². The van der Waals surface area contributed by atoms with Crippen molar-refractivity contribution in [2.75, 3.05) is 4.90 Å². The zero-order valence-electron chi connectivity index (χ0n) is 19.1. The summed E-state index contributed by atoms with van der Waals surface area (Å²) in [5.74, 6) is -1.76. The molecule has 35 heavy (non-hydrogen) atoms. The Morgan fingerprint density at radius 1 is 1.09 bits per heavy atom. The number of rotatable bonds is 5. The molecule has 1 unspecified atom stereocenters. The van der Waals surface area contributed by atoms with Crippen molar-refractivity contribution in [1.29, 1.82) is 0 Å². The number of amides is 1. The minimum absolute atomic E-state index is 0.119. The Hall–Kier alpha value is -3.59. The number of ketones is 1. The van der Waals surface area contributed by atoms with Gasteiger partial charge in [-0.3, -0.25) is 14.5 Å². The van der Waals surface area contributed by atoms with Gasteiger partial charge in [-0.2, -0.15) is 13.2 Å². The van der Waals surface area contributed by atoms with E-state index in [1.165, 1.54) is 11.3 Å². The molecule has 2 aromatic carbocycles. The lowest BCUT2D eigenvalue weighted by Crippen LogP contribution is -2.29. The highest BCUT2D eigenvalue weighted by atomic mass is 32.1. The number of Topliss-reactive ketones (excluding diaryl/α,β-unsaturated/α-hetero) is 1. The van der Waals surface area contributed by atoms with Gasteiger partial charge < -0.3 is 9.84 Å². The molecule has 1 aliphatic heterocycles. The lowest BCUT2D eigenvalue weighted by atomic mass is 9.98. The Morgan fingerprint density at radius 2 is 1.77 bits per heavy atom. The molecular formula is C26H22F3NO4S. The first-order valence-electron chi connectivity index (χ1n) is 10.8. The van der Waals surface area contributed by atoms with Gasteiger partial charge in [-0.25, -0.2) is 0 Å². The fraction of sp³-hybridized carbons (Fsp3) is 0.231. The highest BCUT2D eigenvalue weighted by Gasteiger charge is 2.48. The van der Waals surface area contributed by atoms with Crippen LogP contribution in [0.15, 0.2) is 65.6 Å². The van der Waals surface area contributed by atoms with Crippen LogP contribution in [0, 0.1) is 6.92 Å². The van der Waals surface area contributed by atoms with Crippen molar-refractivity contribution in [1.82, 2.24) is 0 Å². The van der Waals surface area contributed by atoms with Gasteiger partial charge in [-0.05, 0) is 74.2 Å². The third-order valence-electron chi connectivity index (χ3n) is 5.55. The van der Waals surface area contributed by atoms with Crippen LogP contribution in [0.25, 0.3) is 5.76 Å². The van der Waals surface area contributed by atoms with Crippen LogP contribution < -0.4 is 9.64 Å². The second-order valence-corrected chi connectivity index (χ2v) is 9.32. The number of benzene rings is 2. The number of thiophene rings is 1. The van der Waals surface area contributed by atoms with Crippen molar-refractivity contribution < 1.29 is 32.6 Å². The second kappa shape index (κ2) is 9.22. The molecule has 182 valence electrons. The smallest absolute Gasteiger partial charge is 0.416 e. The van der Waals surface area contributed by atoms with E-state index in [1.807, 2.05) is 19.9 Å². The topological polar surface area (TPSA) is 66.8 Å². The predicted molar refractivity (Wildman–Crippen MR) is 127 cm³/mol. The molecule has 4 rings (SSSR count). The van der Waals surface area contributed by atoms with E-state index in [-0.39, 0.29) is 28.7 Å². The summed E-state index contributed by atoms with van der Waals surface area (Å²) in [6, 6.07) is 11.4. The number of alkyl halides is 3. The van der Waals surface area contributed by atoms with E-state index in [9.17, 15) is 27.9 Å². The number of carbonyl (C=O) groups is 2. The summed E-state index contributed by atoms with van der Waals surface area (Å²) < 4.78 is 44.9. The van der Waals surface area contributed by atoms with Crippen molar-refractivity contribution in [2.45, 2.75) is 39.1 Å². The fourth-order valence-corrected chi connectivity index (χ4v) is 4.99. The monoisotopic (exact) mass is 501 g/mol. The predicted octanol–water partition coefficient (Wildman–Crippen LogP) is 6.49. The van der Waals surface area contributed by atoms with E-state index in [2.05, 4.69) is 0 Å². The maximum atomic E-state index is 13.2. The minimum Gasteiger partial charge on any atom is -0.507 e. The van der Waals surface area contributed by atoms with Crippen LogP contribution in [0.4, 0.5) is 18.9 Å². The Labute approximate surface area is 204 Å². The van der Waals surface area contributed by atoms with Gasteiger partial charge >= 0.3 is 6.18 Å². The molecule has 2 heterocycles. The zero-order chi connectivity index (χ0) is 25.5. The van der Waals surface area contributed by atoms with Crippen LogP contribution in [0.3, 0.4) is 0 Å². The summed E-state index contributed by atoms with van der Waals surface area (Å²) >= 11 is 1.29. The summed E-state index contributed by atoms with van der Waals surface area (Å²) in [7, 11) is 0. The number of carbonyl (C=O) groups excluding carboxylic acids is 2. The Bertz CT molecular complexity index is 1310. The highest BCUT2D eigenvalue weighted by molar-refractivity contribution is 7.10. The van der Waals surface area contributed by atoms with E-state index >= 15 is 0 Å². The summed E-state index contributed by atoms with van der Waals surface area (Å²) in [5, 5.41) is 13.0. The van der Waals surface area contributed by atoms with Crippen molar-refractivity contribution in [2.24, 2.45) is 0 Å². The molecule has 0 spiro atoms. The van der Waals surface area contributed by atoms with Gasteiger partial charge in [0.05, 0.1) is 17.2 Å². The molecule has 1 aromatic heterocycles. The van der Waals surface area contributed by atoms with Crippen LogP contribution in [-0.2, 0) is 15.8 Å². The normalized spacial score (nSPS) is 17.9. The van der Waals surface area contributed by atoms with Crippen molar-refractivity contribution in [3.05, 3.63) is 87.1 Å². The standard InChI is InChI=1S/C26H22F3NO4S/c1-14(2)34-19-6-4-5-16(13-19)22(31)20-21(24-15(3)11-12-35-24)30(25(33)23(20)32)18-9-7-17(8-10-18)26(27,28)29/h4-14,21,31H,1-3H3/b22-20-. The summed E-state index contributed by atoms with van der Waals surface area (Å²) in [6.07, 6.45) is -4.66. The van der Waals surface area contributed by atoms with Gasteiger partial charge in [-0.15, -0.1) is 11.3 Å². The molecule has 5 nitrogen and oxygen atoms in total. The Balaban J connectivity index is 1.87. The Morgan fingerprint density at radius 3 is 2.34 bits per heavy atom. The zero-order valence-corrected chi connectivity index (χ0v) is 19.9. The molecule has 1 aliphatic rings. The van der Waals surface area contributed by atoms with Crippen LogP contribution >= 0.6 is 11.3 Å².